The van der Waals surface area contributed by atoms with Gasteiger partial charge in [-0.25, -0.2) is 4.39 Å². The highest BCUT2D eigenvalue weighted by atomic mass is 127. The zero-order valence-corrected chi connectivity index (χ0v) is 15.0. The van der Waals surface area contributed by atoms with E-state index in [1.54, 1.807) is 23.6 Å². The number of rotatable bonds is 4. The van der Waals surface area contributed by atoms with Crippen LogP contribution in [0.2, 0.25) is 0 Å². The van der Waals surface area contributed by atoms with Gasteiger partial charge in [-0.15, -0.1) is 11.3 Å². The Labute approximate surface area is 141 Å². The van der Waals surface area contributed by atoms with Crippen molar-refractivity contribution >= 4 is 51.2 Å². The van der Waals surface area contributed by atoms with Crippen LogP contribution in [-0.2, 0) is 0 Å². The van der Waals surface area contributed by atoms with Crippen LogP contribution in [0.25, 0.3) is 0 Å². The summed E-state index contributed by atoms with van der Waals surface area (Å²) in [7, 11) is 1.84. The highest BCUT2D eigenvalue weighted by molar-refractivity contribution is 14.1. The summed E-state index contributed by atoms with van der Waals surface area (Å²) in [6.45, 7) is 3.99. The van der Waals surface area contributed by atoms with Gasteiger partial charge in [0.1, 0.15) is 5.82 Å². The molecule has 0 aliphatic carbocycles. The number of amides is 1. The zero-order valence-electron chi connectivity index (χ0n) is 12.0. The second-order valence-electron chi connectivity index (χ2n) is 4.96. The van der Waals surface area contributed by atoms with Crippen molar-refractivity contribution in [3.63, 3.8) is 0 Å². The summed E-state index contributed by atoms with van der Waals surface area (Å²) >= 11 is 3.66. The Bertz CT molecular complexity index is 657. The third-order valence-electron chi connectivity index (χ3n) is 3.19. The van der Waals surface area contributed by atoms with E-state index in [-0.39, 0.29) is 17.8 Å². The van der Waals surface area contributed by atoms with Crippen molar-refractivity contribution < 1.29 is 9.18 Å². The van der Waals surface area contributed by atoms with Crippen LogP contribution >= 0.6 is 33.9 Å². The first-order valence-electron chi connectivity index (χ1n) is 6.46. The van der Waals surface area contributed by atoms with Crippen molar-refractivity contribution in [2.24, 2.45) is 0 Å². The Morgan fingerprint density at radius 2 is 2.10 bits per heavy atom. The Morgan fingerprint density at radius 1 is 1.38 bits per heavy atom. The summed E-state index contributed by atoms with van der Waals surface area (Å²) < 4.78 is 15.2. The van der Waals surface area contributed by atoms with Crippen molar-refractivity contribution in [2.45, 2.75) is 19.9 Å². The maximum atomic E-state index is 14.1. The number of carbonyl (C=O) groups excluding carboxylic acids is 1. The lowest BCUT2D eigenvalue weighted by Crippen LogP contribution is -2.26. The molecule has 1 aromatic heterocycles. The minimum absolute atomic E-state index is 0.202. The number of carbonyl (C=O) groups is 1. The molecule has 0 bridgehead atoms. The number of hydrogen-bond acceptors (Lipinski definition) is 3. The third-order valence-corrected chi connectivity index (χ3v) is 4.98. The molecule has 0 saturated carbocycles. The van der Waals surface area contributed by atoms with Crippen molar-refractivity contribution in [1.82, 2.24) is 0 Å². The van der Waals surface area contributed by atoms with Gasteiger partial charge < -0.3 is 10.2 Å². The van der Waals surface area contributed by atoms with Gasteiger partial charge in [0.05, 0.1) is 14.1 Å². The second kappa shape index (κ2) is 6.74. The molecule has 112 valence electrons. The van der Waals surface area contributed by atoms with Gasteiger partial charge in [0.15, 0.2) is 0 Å². The van der Waals surface area contributed by atoms with Gasteiger partial charge in [-0.2, -0.15) is 0 Å². The number of hydrogen-bond donors (Lipinski definition) is 1. The SMILES string of the molecule is CC(C)N(C)c1ccc(NC(=O)c2csc(I)c2)cc1F. The number of nitrogens with one attached hydrogen (secondary N) is 1. The lowest BCUT2D eigenvalue weighted by atomic mass is 10.2. The highest BCUT2D eigenvalue weighted by Gasteiger charge is 2.13. The van der Waals surface area contributed by atoms with E-state index in [1.165, 1.54) is 17.4 Å². The van der Waals surface area contributed by atoms with E-state index >= 15 is 0 Å². The van der Waals surface area contributed by atoms with Crippen molar-refractivity contribution in [2.75, 3.05) is 17.3 Å². The van der Waals surface area contributed by atoms with E-state index in [1.807, 2.05) is 25.8 Å². The summed E-state index contributed by atoms with van der Waals surface area (Å²) in [5.41, 5.74) is 1.57. The lowest BCUT2D eigenvalue weighted by Gasteiger charge is -2.24. The number of thiophene rings is 1. The van der Waals surface area contributed by atoms with E-state index in [4.69, 9.17) is 0 Å². The van der Waals surface area contributed by atoms with Gasteiger partial charge in [-0.05, 0) is 60.7 Å². The molecule has 0 unspecified atom stereocenters. The summed E-state index contributed by atoms with van der Waals surface area (Å²) in [5, 5.41) is 4.50. The fraction of sp³-hybridized carbons (Fsp3) is 0.267. The van der Waals surface area contributed by atoms with E-state index < -0.39 is 0 Å². The molecule has 6 heteroatoms. The first kappa shape index (κ1) is 16.2. The monoisotopic (exact) mass is 418 g/mol. The first-order chi connectivity index (χ1) is 9.88. The quantitative estimate of drug-likeness (QED) is 0.737. The summed E-state index contributed by atoms with van der Waals surface area (Å²) in [6.07, 6.45) is 0. The van der Waals surface area contributed by atoms with Crippen molar-refractivity contribution in [3.8, 4) is 0 Å². The minimum Gasteiger partial charge on any atom is -0.370 e. The Hall–Kier alpha value is -1.15. The molecule has 0 aliphatic heterocycles. The molecule has 3 nitrogen and oxygen atoms in total. The van der Waals surface area contributed by atoms with Crippen molar-refractivity contribution in [1.29, 1.82) is 0 Å². The molecule has 1 N–H and O–H groups in total. The minimum atomic E-state index is -0.344. The summed E-state index contributed by atoms with van der Waals surface area (Å²) in [5.74, 6) is -0.567. The van der Waals surface area contributed by atoms with Gasteiger partial charge in [-0.1, -0.05) is 0 Å². The van der Waals surface area contributed by atoms with Gasteiger partial charge in [0.25, 0.3) is 5.91 Å². The normalized spacial score (nSPS) is 10.8. The van der Waals surface area contributed by atoms with Crippen LogP contribution in [-0.4, -0.2) is 19.0 Å². The highest BCUT2D eigenvalue weighted by Crippen LogP contribution is 2.24. The standard InChI is InChI=1S/C15H16FIN2OS/c1-9(2)19(3)13-5-4-11(7-12(13)16)18-15(20)10-6-14(17)21-8-10/h4-9H,1-3H3,(H,18,20). The molecule has 0 saturated heterocycles. The van der Waals surface area contributed by atoms with E-state index in [0.29, 0.717) is 16.9 Å². The van der Waals surface area contributed by atoms with E-state index in [0.717, 1.165) is 2.88 Å². The van der Waals surface area contributed by atoms with Crippen LogP contribution in [0.15, 0.2) is 29.6 Å². The van der Waals surface area contributed by atoms with Gasteiger partial charge >= 0.3 is 0 Å². The Morgan fingerprint density at radius 3 is 2.62 bits per heavy atom. The molecule has 2 rings (SSSR count). The number of halogens is 2. The molecule has 0 atom stereocenters. The number of anilines is 2. The average molecular weight is 418 g/mol. The second-order valence-corrected chi connectivity index (χ2v) is 7.77. The lowest BCUT2D eigenvalue weighted by molar-refractivity contribution is 0.102. The smallest absolute Gasteiger partial charge is 0.256 e. The first-order valence-corrected chi connectivity index (χ1v) is 8.42. The number of nitrogens with zero attached hydrogens (tertiary/aromatic N) is 1. The Balaban J connectivity index is 2.15. The van der Waals surface area contributed by atoms with Crippen LogP contribution in [0.1, 0.15) is 24.2 Å². The molecule has 0 fully saturated rings. The molecular formula is C15H16FIN2OS. The predicted octanol–water partition coefficient (Wildman–Crippen LogP) is 4.59. The summed E-state index contributed by atoms with van der Waals surface area (Å²) in [6, 6.07) is 6.75. The topological polar surface area (TPSA) is 32.3 Å². The van der Waals surface area contributed by atoms with Crippen LogP contribution in [0.5, 0.6) is 0 Å². The number of benzene rings is 1. The molecule has 0 aliphatic rings. The molecule has 0 spiro atoms. The van der Waals surface area contributed by atoms with Gasteiger partial charge in [0, 0.05) is 24.2 Å². The third kappa shape index (κ3) is 3.94. The fourth-order valence-corrected chi connectivity index (χ4v) is 3.11. The zero-order chi connectivity index (χ0) is 15.6. The van der Waals surface area contributed by atoms with Crippen LogP contribution in [0, 0.1) is 8.70 Å². The molecule has 1 amide bonds. The predicted molar refractivity (Wildman–Crippen MR) is 94.9 cm³/mol. The molecule has 0 radical (unpaired) electrons. The molecule has 2 aromatic rings. The van der Waals surface area contributed by atoms with Crippen molar-refractivity contribution in [3.05, 3.63) is 43.9 Å². The molecular weight excluding hydrogens is 402 g/mol. The molecule has 1 aromatic carbocycles. The van der Waals surface area contributed by atoms with E-state index in [2.05, 4.69) is 27.9 Å². The van der Waals surface area contributed by atoms with E-state index in [9.17, 15) is 9.18 Å². The van der Waals surface area contributed by atoms with Crippen LogP contribution in [0.3, 0.4) is 0 Å². The largest absolute Gasteiger partial charge is 0.370 e. The maximum absolute atomic E-state index is 14.1. The van der Waals surface area contributed by atoms with Gasteiger partial charge in [-0.3, -0.25) is 4.79 Å². The summed E-state index contributed by atoms with van der Waals surface area (Å²) in [4.78, 5) is 13.9. The fourth-order valence-electron chi connectivity index (χ4n) is 1.78. The molecule has 1 heterocycles. The van der Waals surface area contributed by atoms with Gasteiger partial charge in [0.2, 0.25) is 0 Å². The average Bonchev–Trinajstić information content (AvgIpc) is 2.85. The maximum Gasteiger partial charge on any atom is 0.256 e. The van der Waals surface area contributed by atoms with Crippen LogP contribution < -0.4 is 10.2 Å². The Kier molecular flexibility index (Phi) is 5.21. The van der Waals surface area contributed by atoms with Crippen LogP contribution in [0.4, 0.5) is 15.8 Å². The molecule has 21 heavy (non-hydrogen) atoms.